The molecule has 0 saturated heterocycles. The van der Waals surface area contributed by atoms with E-state index in [-0.39, 0.29) is 25.3 Å². The maximum atomic E-state index is 11.9. The maximum absolute atomic E-state index is 11.9. The van der Waals surface area contributed by atoms with Crippen molar-refractivity contribution in [3.63, 3.8) is 0 Å². The summed E-state index contributed by atoms with van der Waals surface area (Å²) >= 11 is 8.94. The summed E-state index contributed by atoms with van der Waals surface area (Å²) in [7, 11) is 0. The number of rotatable bonds is 5. The Labute approximate surface area is 122 Å². The molecule has 1 N–H and O–H groups in total. The van der Waals surface area contributed by atoms with Gasteiger partial charge in [0.25, 0.3) is 5.91 Å². The lowest BCUT2D eigenvalue weighted by molar-refractivity contribution is -0.135. The fourth-order valence-corrected chi connectivity index (χ4v) is 2.28. The highest BCUT2D eigenvalue weighted by molar-refractivity contribution is 9.10. The summed E-state index contributed by atoms with van der Waals surface area (Å²) in [6.07, 6.45) is -4.67. The molecule has 1 amide bonds. The first-order chi connectivity index (χ1) is 8.79. The van der Waals surface area contributed by atoms with Crippen molar-refractivity contribution in [2.24, 2.45) is 0 Å². The van der Waals surface area contributed by atoms with Gasteiger partial charge in [0.05, 0.1) is 5.56 Å². The first-order valence-electron chi connectivity index (χ1n) is 5.59. The molecular weight excluding hydrogens is 346 g/mol. The highest BCUT2D eigenvalue weighted by atomic mass is 79.9. The molecule has 0 aliphatic carbocycles. The summed E-state index contributed by atoms with van der Waals surface area (Å²) in [5.74, 6) is -0.337. The van der Waals surface area contributed by atoms with Gasteiger partial charge in [0.1, 0.15) is 0 Å². The van der Waals surface area contributed by atoms with Crippen LogP contribution in [-0.2, 0) is 0 Å². The van der Waals surface area contributed by atoms with Gasteiger partial charge in [0.15, 0.2) is 0 Å². The Morgan fingerprint density at radius 1 is 1.32 bits per heavy atom. The van der Waals surface area contributed by atoms with E-state index in [2.05, 4.69) is 21.2 Å². The number of halogens is 5. The number of carbonyl (C=O) groups is 1. The second kappa shape index (κ2) is 7.14. The molecule has 2 nitrogen and oxygen atoms in total. The van der Waals surface area contributed by atoms with Gasteiger partial charge in [0.2, 0.25) is 0 Å². The number of alkyl halides is 3. The smallest absolute Gasteiger partial charge is 0.352 e. The summed E-state index contributed by atoms with van der Waals surface area (Å²) in [4.78, 5) is 11.7. The number of nitrogens with one attached hydrogen (secondary N) is 1. The van der Waals surface area contributed by atoms with E-state index >= 15 is 0 Å². The van der Waals surface area contributed by atoms with Gasteiger partial charge in [-0.3, -0.25) is 4.79 Å². The zero-order valence-corrected chi connectivity index (χ0v) is 12.2. The molecule has 0 radical (unpaired) electrons. The van der Waals surface area contributed by atoms with Crippen molar-refractivity contribution in [3.05, 3.63) is 33.3 Å². The highest BCUT2D eigenvalue weighted by Crippen LogP contribution is 2.22. The molecule has 106 valence electrons. The molecule has 19 heavy (non-hydrogen) atoms. The van der Waals surface area contributed by atoms with E-state index in [0.29, 0.717) is 15.1 Å². The van der Waals surface area contributed by atoms with E-state index in [1.807, 2.05) is 0 Å². The van der Waals surface area contributed by atoms with Crippen LogP contribution in [0.1, 0.15) is 29.6 Å². The Bertz CT molecular complexity index is 451. The third-order valence-electron chi connectivity index (χ3n) is 2.35. The van der Waals surface area contributed by atoms with Crippen LogP contribution in [0.3, 0.4) is 0 Å². The van der Waals surface area contributed by atoms with Crippen molar-refractivity contribution in [1.29, 1.82) is 0 Å². The average Bonchev–Trinajstić information content (AvgIpc) is 2.26. The van der Waals surface area contributed by atoms with Gasteiger partial charge in [-0.2, -0.15) is 13.2 Å². The molecule has 0 heterocycles. The van der Waals surface area contributed by atoms with Crippen LogP contribution in [0.5, 0.6) is 0 Å². The minimum absolute atomic E-state index is 0.00552. The minimum atomic E-state index is -4.14. The number of hydrogen-bond acceptors (Lipinski definition) is 1. The molecule has 0 spiro atoms. The molecule has 0 aliphatic heterocycles. The van der Waals surface area contributed by atoms with Gasteiger partial charge in [0, 0.05) is 22.5 Å². The first kappa shape index (κ1) is 16.3. The van der Waals surface area contributed by atoms with Crippen LogP contribution in [0.4, 0.5) is 13.2 Å². The van der Waals surface area contributed by atoms with Crippen LogP contribution in [-0.4, -0.2) is 18.6 Å². The molecule has 1 rings (SSSR count). The summed E-state index contributed by atoms with van der Waals surface area (Å²) in [6, 6.07) is 4.71. The van der Waals surface area contributed by atoms with E-state index < -0.39 is 12.6 Å². The fourth-order valence-electron chi connectivity index (χ4n) is 1.42. The van der Waals surface area contributed by atoms with E-state index in [9.17, 15) is 18.0 Å². The zero-order valence-electron chi connectivity index (χ0n) is 9.86. The molecule has 0 aromatic heterocycles. The summed E-state index contributed by atoms with van der Waals surface area (Å²) in [5.41, 5.74) is 0.403. The molecule has 0 saturated carbocycles. The van der Waals surface area contributed by atoms with Crippen molar-refractivity contribution in [2.75, 3.05) is 6.54 Å². The second-order valence-electron chi connectivity index (χ2n) is 3.95. The highest BCUT2D eigenvalue weighted by Gasteiger charge is 2.25. The molecule has 0 bridgehead atoms. The van der Waals surface area contributed by atoms with Gasteiger partial charge in [-0.15, -0.1) is 0 Å². The van der Waals surface area contributed by atoms with Crippen LogP contribution < -0.4 is 5.32 Å². The molecule has 0 atom stereocenters. The number of amides is 1. The van der Waals surface area contributed by atoms with E-state index in [4.69, 9.17) is 11.6 Å². The zero-order chi connectivity index (χ0) is 14.5. The monoisotopic (exact) mass is 357 g/mol. The molecular formula is C12H12BrClF3NO. The summed E-state index contributed by atoms with van der Waals surface area (Å²) in [6.45, 7) is 0.212. The molecule has 0 fully saturated rings. The molecule has 0 unspecified atom stereocenters. The Kier molecular flexibility index (Phi) is 6.13. The lowest BCUT2D eigenvalue weighted by Gasteiger charge is -2.08. The summed E-state index contributed by atoms with van der Waals surface area (Å²) < 4.78 is 36.2. The fraction of sp³-hybridized carbons (Fsp3) is 0.417. The number of unbranched alkanes of at least 4 members (excludes halogenated alkanes) is 1. The number of benzene rings is 1. The van der Waals surface area contributed by atoms with Gasteiger partial charge in [-0.1, -0.05) is 11.6 Å². The van der Waals surface area contributed by atoms with Crippen molar-refractivity contribution in [2.45, 2.75) is 25.4 Å². The van der Waals surface area contributed by atoms with Gasteiger partial charge in [-0.25, -0.2) is 0 Å². The largest absolute Gasteiger partial charge is 0.389 e. The standard InChI is InChI=1S/C12H12BrClF3NO/c13-10-7-8(14)3-4-9(10)11(19)18-6-2-1-5-12(15,16)17/h3-4,7H,1-2,5-6H2,(H,18,19). The third-order valence-corrected chi connectivity index (χ3v) is 3.24. The van der Waals surface area contributed by atoms with Crippen LogP contribution in [0.15, 0.2) is 22.7 Å². The van der Waals surface area contributed by atoms with E-state index in [1.165, 1.54) is 0 Å². The van der Waals surface area contributed by atoms with Gasteiger partial charge >= 0.3 is 6.18 Å². The first-order valence-corrected chi connectivity index (χ1v) is 6.77. The van der Waals surface area contributed by atoms with Crippen LogP contribution >= 0.6 is 27.5 Å². The lowest BCUT2D eigenvalue weighted by Crippen LogP contribution is -2.25. The quantitative estimate of drug-likeness (QED) is 0.768. The van der Waals surface area contributed by atoms with E-state index in [0.717, 1.165) is 0 Å². The SMILES string of the molecule is O=C(NCCCCC(F)(F)F)c1ccc(Cl)cc1Br. The van der Waals surface area contributed by atoms with Crippen molar-refractivity contribution >= 4 is 33.4 Å². The second-order valence-corrected chi connectivity index (χ2v) is 5.24. The van der Waals surface area contributed by atoms with Crippen molar-refractivity contribution in [3.8, 4) is 0 Å². The predicted molar refractivity (Wildman–Crippen MR) is 71.4 cm³/mol. The van der Waals surface area contributed by atoms with Crippen molar-refractivity contribution in [1.82, 2.24) is 5.32 Å². The lowest BCUT2D eigenvalue weighted by atomic mass is 10.2. The predicted octanol–water partition coefficient (Wildman–Crippen LogP) is 4.56. The summed E-state index contributed by atoms with van der Waals surface area (Å²) in [5, 5.41) is 3.06. The van der Waals surface area contributed by atoms with Crippen molar-refractivity contribution < 1.29 is 18.0 Å². The average molecular weight is 359 g/mol. The Morgan fingerprint density at radius 3 is 2.58 bits per heavy atom. The van der Waals surface area contributed by atoms with E-state index in [1.54, 1.807) is 18.2 Å². The molecule has 0 aliphatic rings. The van der Waals surface area contributed by atoms with Gasteiger partial charge in [-0.05, 0) is 47.0 Å². The topological polar surface area (TPSA) is 29.1 Å². The third kappa shape index (κ3) is 6.29. The Balaban J connectivity index is 2.36. The normalized spacial score (nSPS) is 11.4. The van der Waals surface area contributed by atoms with Crippen LogP contribution in [0.2, 0.25) is 5.02 Å². The van der Waals surface area contributed by atoms with Crippen LogP contribution in [0, 0.1) is 0 Å². The van der Waals surface area contributed by atoms with Crippen LogP contribution in [0.25, 0.3) is 0 Å². The Hall–Kier alpha value is -0.750. The van der Waals surface area contributed by atoms with Gasteiger partial charge < -0.3 is 5.32 Å². The molecule has 7 heteroatoms. The molecule has 1 aromatic carbocycles. The maximum Gasteiger partial charge on any atom is 0.389 e. The minimum Gasteiger partial charge on any atom is -0.352 e. The molecule has 1 aromatic rings. The number of carbonyl (C=O) groups excluding carboxylic acids is 1. The number of hydrogen-bond donors (Lipinski definition) is 1. The Morgan fingerprint density at radius 2 is 2.00 bits per heavy atom.